The average Bonchev–Trinajstić information content (AvgIpc) is 3.32. The van der Waals surface area contributed by atoms with E-state index < -0.39 is 17.4 Å². The number of ketones is 1. The Morgan fingerprint density at radius 2 is 2.03 bits per heavy atom. The van der Waals surface area contributed by atoms with Gasteiger partial charge in [-0.1, -0.05) is 45.4 Å². The molecule has 2 aromatic rings. The number of furan rings is 1. The van der Waals surface area contributed by atoms with E-state index >= 15 is 0 Å². The number of fused-ring (bicyclic) bond motifs is 2. The smallest absolute Gasteiger partial charge is 0.237 e. The molecule has 1 amide bonds. The predicted molar refractivity (Wildman–Crippen MR) is 113 cm³/mol. The van der Waals surface area contributed by atoms with Crippen LogP contribution in [0.1, 0.15) is 57.8 Å². The molecule has 2 aliphatic rings. The second kappa shape index (κ2) is 6.99. The highest BCUT2D eigenvalue weighted by atomic mass is 35.5. The van der Waals surface area contributed by atoms with E-state index in [0.29, 0.717) is 22.9 Å². The number of carbonyl (C=O) groups excluding carboxylic acids is 2. The maximum Gasteiger partial charge on any atom is 0.237 e. The van der Waals surface area contributed by atoms with E-state index in [2.05, 4.69) is 31.4 Å². The lowest BCUT2D eigenvalue weighted by molar-refractivity contribution is -0.122. The van der Waals surface area contributed by atoms with Crippen molar-refractivity contribution in [2.24, 2.45) is 5.41 Å². The van der Waals surface area contributed by atoms with Crippen molar-refractivity contribution in [2.75, 3.05) is 5.32 Å². The van der Waals surface area contributed by atoms with Crippen LogP contribution < -0.4 is 10.6 Å². The minimum absolute atomic E-state index is 0.0437. The number of carbonyl (C=O) groups is 2. The molecular weight excluding hydrogens is 388 g/mol. The third kappa shape index (κ3) is 3.11. The molecule has 1 aromatic carbocycles. The van der Waals surface area contributed by atoms with Gasteiger partial charge in [-0.05, 0) is 41.7 Å². The van der Waals surface area contributed by atoms with Crippen molar-refractivity contribution in [3.8, 4) is 0 Å². The van der Waals surface area contributed by atoms with Crippen molar-refractivity contribution in [2.45, 2.75) is 64.0 Å². The van der Waals surface area contributed by atoms with Gasteiger partial charge < -0.3 is 15.1 Å². The first kappa shape index (κ1) is 20.2. The lowest BCUT2D eigenvalue weighted by Gasteiger charge is -2.36. The fourth-order valence-electron chi connectivity index (χ4n) is 5.10. The van der Waals surface area contributed by atoms with E-state index in [4.69, 9.17) is 16.0 Å². The molecule has 4 rings (SSSR count). The van der Waals surface area contributed by atoms with Crippen LogP contribution in [0.4, 0.5) is 5.69 Å². The Labute approximate surface area is 176 Å². The summed E-state index contributed by atoms with van der Waals surface area (Å²) in [6.07, 6.45) is 2.72. The van der Waals surface area contributed by atoms with E-state index in [9.17, 15) is 9.59 Å². The number of rotatable bonds is 4. The Balaban J connectivity index is 1.97. The zero-order chi connectivity index (χ0) is 21.0. The van der Waals surface area contributed by atoms with Crippen LogP contribution in [-0.2, 0) is 15.0 Å². The number of amides is 1. The summed E-state index contributed by atoms with van der Waals surface area (Å²) in [4.78, 5) is 26.7. The standard InChI is InChI=1S/C23H27ClN2O3/c1-5-16(27)20-19(17-7-6-10-29-17)23(18(26-20)12-22(2,3)4)14-9-8-13(24)11-15(14)25-21(23)28/h6-11,18-20,26H,5,12H2,1-4H3,(H,25,28)/t18-,19+,20+,23+/m1/s1. The van der Waals surface area contributed by atoms with E-state index in [0.717, 1.165) is 12.0 Å². The maximum atomic E-state index is 13.7. The van der Waals surface area contributed by atoms with Crippen LogP contribution in [0, 0.1) is 5.41 Å². The number of Topliss-reactive ketones (excluding diaryl/α,β-unsaturated/α-hetero) is 1. The summed E-state index contributed by atoms with van der Waals surface area (Å²) in [6, 6.07) is 8.47. The lowest BCUT2D eigenvalue weighted by Crippen LogP contribution is -2.49. The van der Waals surface area contributed by atoms with Crippen LogP contribution >= 0.6 is 11.6 Å². The molecular formula is C23H27ClN2O3. The molecule has 4 atom stereocenters. The van der Waals surface area contributed by atoms with Crippen LogP contribution in [0.25, 0.3) is 0 Å². The third-order valence-electron chi connectivity index (χ3n) is 6.17. The molecule has 1 aromatic heterocycles. The van der Waals surface area contributed by atoms with Gasteiger partial charge >= 0.3 is 0 Å². The summed E-state index contributed by atoms with van der Waals surface area (Å²) < 4.78 is 5.80. The van der Waals surface area contributed by atoms with Gasteiger partial charge in [-0.15, -0.1) is 0 Å². The van der Waals surface area contributed by atoms with Crippen LogP contribution in [0.15, 0.2) is 41.0 Å². The minimum Gasteiger partial charge on any atom is -0.469 e. The molecule has 0 bridgehead atoms. The highest BCUT2D eigenvalue weighted by molar-refractivity contribution is 6.31. The van der Waals surface area contributed by atoms with E-state index in [1.54, 1.807) is 12.3 Å². The largest absolute Gasteiger partial charge is 0.469 e. The minimum atomic E-state index is -0.944. The molecule has 1 fully saturated rings. The van der Waals surface area contributed by atoms with Gasteiger partial charge in [0, 0.05) is 23.2 Å². The molecule has 3 heterocycles. The number of hydrogen-bond donors (Lipinski definition) is 2. The summed E-state index contributed by atoms with van der Waals surface area (Å²) in [5.74, 6) is 0.195. The highest BCUT2D eigenvalue weighted by Crippen LogP contribution is 2.56. The van der Waals surface area contributed by atoms with Crippen LogP contribution in [0.2, 0.25) is 5.02 Å². The predicted octanol–water partition coefficient (Wildman–Crippen LogP) is 4.66. The molecule has 0 aliphatic carbocycles. The van der Waals surface area contributed by atoms with Gasteiger partial charge in [-0.3, -0.25) is 9.59 Å². The molecule has 1 spiro atoms. The summed E-state index contributed by atoms with van der Waals surface area (Å²) in [5.41, 5.74) is 0.601. The zero-order valence-corrected chi connectivity index (χ0v) is 18.0. The SMILES string of the molecule is CCC(=O)[C@@H]1N[C@H](CC(C)(C)C)[C@]2(C(=O)Nc3cc(Cl)ccc32)[C@H]1c1ccco1. The normalized spacial score (nSPS) is 28.6. The number of anilines is 1. The Hall–Kier alpha value is -2.11. The lowest BCUT2D eigenvalue weighted by atomic mass is 9.63. The summed E-state index contributed by atoms with van der Waals surface area (Å²) >= 11 is 6.21. The van der Waals surface area contributed by atoms with Crippen molar-refractivity contribution in [1.29, 1.82) is 0 Å². The van der Waals surface area contributed by atoms with Gasteiger partial charge in [0.15, 0.2) is 0 Å². The topological polar surface area (TPSA) is 71.3 Å². The molecule has 0 radical (unpaired) electrons. The Bertz CT molecular complexity index is 948. The van der Waals surface area contributed by atoms with Crippen LogP contribution in [0.5, 0.6) is 0 Å². The first-order valence-corrected chi connectivity index (χ1v) is 10.5. The molecule has 29 heavy (non-hydrogen) atoms. The first-order valence-electron chi connectivity index (χ1n) is 10.1. The summed E-state index contributed by atoms with van der Waals surface area (Å²) in [7, 11) is 0. The van der Waals surface area contributed by atoms with Gasteiger partial charge in [0.25, 0.3) is 0 Å². The Morgan fingerprint density at radius 1 is 1.28 bits per heavy atom. The Kier molecular flexibility index (Phi) is 4.87. The van der Waals surface area contributed by atoms with Crippen molar-refractivity contribution < 1.29 is 14.0 Å². The van der Waals surface area contributed by atoms with Crippen LogP contribution in [0.3, 0.4) is 0 Å². The van der Waals surface area contributed by atoms with Gasteiger partial charge in [0.05, 0.1) is 18.2 Å². The average molecular weight is 415 g/mol. The quantitative estimate of drug-likeness (QED) is 0.763. The van der Waals surface area contributed by atoms with Gasteiger partial charge in [-0.2, -0.15) is 0 Å². The van der Waals surface area contributed by atoms with Gasteiger partial charge in [-0.25, -0.2) is 0 Å². The third-order valence-corrected chi connectivity index (χ3v) is 6.40. The molecule has 6 heteroatoms. The van der Waals surface area contributed by atoms with Crippen molar-refractivity contribution in [1.82, 2.24) is 5.32 Å². The van der Waals surface area contributed by atoms with Crippen molar-refractivity contribution in [3.63, 3.8) is 0 Å². The second-order valence-corrected chi connectivity index (χ2v) is 9.72. The monoisotopic (exact) mass is 414 g/mol. The Morgan fingerprint density at radius 3 is 2.66 bits per heavy atom. The fourth-order valence-corrected chi connectivity index (χ4v) is 5.27. The van der Waals surface area contributed by atoms with Gasteiger partial charge in [0.2, 0.25) is 5.91 Å². The molecule has 5 nitrogen and oxygen atoms in total. The first-order chi connectivity index (χ1) is 13.7. The summed E-state index contributed by atoms with van der Waals surface area (Å²) in [6.45, 7) is 8.30. The molecule has 154 valence electrons. The maximum absolute atomic E-state index is 13.7. The van der Waals surface area contributed by atoms with Gasteiger partial charge in [0.1, 0.15) is 17.0 Å². The number of nitrogens with one attached hydrogen (secondary N) is 2. The number of benzene rings is 1. The van der Waals surface area contributed by atoms with Crippen molar-refractivity contribution in [3.05, 3.63) is 52.9 Å². The van der Waals surface area contributed by atoms with Crippen LogP contribution in [-0.4, -0.2) is 23.8 Å². The van der Waals surface area contributed by atoms with E-state index in [-0.39, 0.29) is 23.1 Å². The molecule has 1 saturated heterocycles. The van der Waals surface area contributed by atoms with E-state index in [1.807, 2.05) is 31.2 Å². The number of hydrogen-bond acceptors (Lipinski definition) is 4. The van der Waals surface area contributed by atoms with Crippen molar-refractivity contribution >= 4 is 29.0 Å². The number of halogens is 1. The zero-order valence-electron chi connectivity index (χ0n) is 17.2. The molecule has 2 N–H and O–H groups in total. The molecule has 0 saturated carbocycles. The summed E-state index contributed by atoms with van der Waals surface area (Å²) in [5, 5.41) is 7.16. The highest BCUT2D eigenvalue weighted by Gasteiger charge is 2.66. The fraction of sp³-hybridized carbons (Fsp3) is 0.478. The molecule has 0 unspecified atom stereocenters. The molecule has 2 aliphatic heterocycles. The second-order valence-electron chi connectivity index (χ2n) is 9.29. The van der Waals surface area contributed by atoms with E-state index in [1.165, 1.54) is 0 Å².